The number of nitrogens with zero attached hydrogens (tertiary/aromatic N) is 1. The maximum Gasteiger partial charge on any atom is 0.339 e. The molecule has 2 saturated heterocycles. The quantitative estimate of drug-likeness (QED) is 0.478. The van der Waals surface area contributed by atoms with Gasteiger partial charge in [0.1, 0.15) is 11.3 Å². The Labute approximate surface area is 213 Å². The standard InChI is InChI=1S/C25H27Cl2N3O5/c1-14(31)28-22-11-23(20(25(33)34)10-21(22)27)35-13-24(32)29-17-8-18-6-7-19(9-17)30(18)12-15-2-4-16(26)5-3-15/h2-5,10-11,17-19H,6-9,12-13H2,1H3,(H,28,31)(H,29,32)(H,33,34)/t17?,18-,19+. The molecule has 0 spiro atoms. The van der Waals surface area contributed by atoms with Gasteiger partial charge in [-0.3, -0.25) is 14.5 Å². The predicted molar refractivity (Wildman–Crippen MR) is 133 cm³/mol. The molecule has 2 aromatic rings. The number of aromatic carboxylic acids is 1. The third kappa shape index (κ3) is 6.25. The fourth-order valence-corrected chi connectivity index (χ4v) is 5.33. The number of nitrogens with one attached hydrogen (secondary N) is 2. The van der Waals surface area contributed by atoms with Crippen LogP contribution in [0, 0.1) is 0 Å². The van der Waals surface area contributed by atoms with Gasteiger partial charge < -0.3 is 20.5 Å². The Balaban J connectivity index is 1.34. The molecule has 0 aliphatic carbocycles. The van der Waals surface area contributed by atoms with Gasteiger partial charge in [-0.05, 0) is 49.4 Å². The maximum absolute atomic E-state index is 12.6. The third-order valence-corrected chi connectivity index (χ3v) is 7.06. The number of fused-ring (bicyclic) bond motifs is 2. The van der Waals surface area contributed by atoms with Gasteiger partial charge in [-0.2, -0.15) is 0 Å². The molecule has 2 fully saturated rings. The van der Waals surface area contributed by atoms with E-state index in [0.717, 1.165) is 37.3 Å². The molecule has 3 N–H and O–H groups in total. The molecule has 4 rings (SSSR count). The highest BCUT2D eigenvalue weighted by molar-refractivity contribution is 6.34. The summed E-state index contributed by atoms with van der Waals surface area (Å²) in [5.74, 6) is -1.98. The van der Waals surface area contributed by atoms with Crippen molar-refractivity contribution in [1.82, 2.24) is 10.2 Å². The van der Waals surface area contributed by atoms with Crippen LogP contribution in [0.4, 0.5) is 5.69 Å². The molecule has 8 nitrogen and oxygen atoms in total. The minimum Gasteiger partial charge on any atom is -0.483 e. The number of anilines is 1. The number of benzene rings is 2. The highest BCUT2D eigenvalue weighted by Gasteiger charge is 2.40. The van der Waals surface area contributed by atoms with E-state index in [1.54, 1.807) is 0 Å². The molecule has 10 heteroatoms. The average Bonchev–Trinajstić information content (AvgIpc) is 3.02. The first kappa shape index (κ1) is 25.3. The van der Waals surface area contributed by atoms with E-state index in [-0.39, 0.29) is 46.5 Å². The van der Waals surface area contributed by atoms with Crippen molar-refractivity contribution < 1.29 is 24.2 Å². The van der Waals surface area contributed by atoms with Crippen LogP contribution in [0.1, 0.15) is 48.5 Å². The van der Waals surface area contributed by atoms with Crippen molar-refractivity contribution in [2.24, 2.45) is 0 Å². The van der Waals surface area contributed by atoms with E-state index in [1.807, 2.05) is 24.3 Å². The van der Waals surface area contributed by atoms with Crippen molar-refractivity contribution in [2.75, 3.05) is 11.9 Å². The van der Waals surface area contributed by atoms with Crippen molar-refractivity contribution in [3.63, 3.8) is 0 Å². The monoisotopic (exact) mass is 519 g/mol. The Bertz CT molecular complexity index is 1110. The molecule has 35 heavy (non-hydrogen) atoms. The van der Waals surface area contributed by atoms with Crippen molar-refractivity contribution in [1.29, 1.82) is 0 Å². The Hall–Kier alpha value is -2.81. The van der Waals surface area contributed by atoms with Gasteiger partial charge in [0, 0.05) is 42.7 Å². The molecule has 0 radical (unpaired) electrons. The molecule has 2 heterocycles. The summed E-state index contributed by atoms with van der Waals surface area (Å²) in [4.78, 5) is 38.1. The summed E-state index contributed by atoms with van der Waals surface area (Å²) in [5.41, 5.74) is 1.24. The van der Waals surface area contributed by atoms with Crippen LogP contribution in [-0.4, -0.2) is 52.5 Å². The van der Waals surface area contributed by atoms with Gasteiger partial charge in [0.2, 0.25) is 5.91 Å². The number of hydrogen-bond acceptors (Lipinski definition) is 5. The lowest BCUT2D eigenvalue weighted by molar-refractivity contribution is -0.124. The zero-order valence-corrected chi connectivity index (χ0v) is 20.7. The molecule has 2 bridgehead atoms. The largest absolute Gasteiger partial charge is 0.483 e. The van der Waals surface area contributed by atoms with Crippen LogP contribution in [0.15, 0.2) is 36.4 Å². The molecule has 1 unspecified atom stereocenters. The highest BCUT2D eigenvalue weighted by Crippen LogP contribution is 2.37. The van der Waals surface area contributed by atoms with E-state index in [0.29, 0.717) is 12.1 Å². The Morgan fingerprint density at radius 3 is 2.34 bits per heavy atom. The smallest absolute Gasteiger partial charge is 0.339 e. The first-order chi connectivity index (χ1) is 16.7. The fourth-order valence-electron chi connectivity index (χ4n) is 4.99. The zero-order chi connectivity index (χ0) is 25.1. The van der Waals surface area contributed by atoms with Gasteiger partial charge in [0.05, 0.1) is 10.7 Å². The molecule has 3 atom stereocenters. The number of rotatable bonds is 8. The third-order valence-electron chi connectivity index (χ3n) is 6.50. The van der Waals surface area contributed by atoms with E-state index in [2.05, 4.69) is 15.5 Å². The van der Waals surface area contributed by atoms with Crippen LogP contribution in [0.5, 0.6) is 5.75 Å². The number of halogens is 2. The van der Waals surface area contributed by atoms with Crippen LogP contribution >= 0.6 is 23.2 Å². The summed E-state index contributed by atoms with van der Waals surface area (Å²) in [6.45, 7) is 1.83. The molecule has 186 valence electrons. The van der Waals surface area contributed by atoms with Crippen LogP contribution < -0.4 is 15.4 Å². The lowest BCUT2D eigenvalue weighted by Gasteiger charge is -2.39. The Morgan fingerprint density at radius 2 is 1.74 bits per heavy atom. The van der Waals surface area contributed by atoms with Gasteiger partial charge in [-0.1, -0.05) is 35.3 Å². The van der Waals surface area contributed by atoms with Crippen molar-refractivity contribution in [3.05, 3.63) is 57.6 Å². The predicted octanol–water partition coefficient (Wildman–Crippen LogP) is 4.34. The van der Waals surface area contributed by atoms with E-state index in [4.69, 9.17) is 27.9 Å². The lowest BCUT2D eigenvalue weighted by atomic mass is 9.96. The van der Waals surface area contributed by atoms with E-state index >= 15 is 0 Å². The van der Waals surface area contributed by atoms with Gasteiger partial charge in [0.15, 0.2) is 6.61 Å². The SMILES string of the molecule is CC(=O)Nc1cc(OCC(=O)NC2C[C@H]3CC[C@@H](C2)N3Cc2ccc(Cl)cc2)c(C(=O)O)cc1Cl. The van der Waals surface area contributed by atoms with E-state index < -0.39 is 5.97 Å². The number of hydrogen-bond donors (Lipinski definition) is 3. The minimum absolute atomic E-state index is 0.0316. The second-order valence-corrected chi connectivity index (χ2v) is 9.87. The van der Waals surface area contributed by atoms with Gasteiger partial charge in [0.25, 0.3) is 5.91 Å². The van der Waals surface area contributed by atoms with Crippen molar-refractivity contribution in [2.45, 2.75) is 57.3 Å². The molecule has 2 aromatic carbocycles. The van der Waals surface area contributed by atoms with E-state index in [9.17, 15) is 19.5 Å². The van der Waals surface area contributed by atoms with Crippen LogP contribution in [0.3, 0.4) is 0 Å². The first-order valence-corrected chi connectivity index (χ1v) is 12.2. The number of carboxylic acids is 1. The van der Waals surface area contributed by atoms with Gasteiger partial charge in [-0.25, -0.2) is 4.79 Å². The first-order valence-electron chi connectivity index (χ1n) is 11.5. The zero-order valence-electron chi connectivity index (χ0n) is 19.2. The second-order valence-electron chi connectivity index (χ2n) is 9.02. The summed E-state index contributed by atoms with van der Waals surface area (Å²) in [7, 11) is 0. The number of carbonyl (C=O) groups is 3. The van der Waals surface area contributed by atoms with Crippen LogP contribution in [0.25, 0.3) is 0 Å². The van der Waals surface area contributed by atoms with Crippen molar-refractivity contribution in [3.8, 4) is 5.75 Å². The number of piperidine rings is 1. The second kappa shape index (κ2) is 10.8. The molecule has 0 saturated carbocycles. The molecule has 0 aromatic heterocycles. The highest BCUT2D eigenvalue weighted by atomic mass is 35.5. The average molecular weight is 520 g/mol. The lowest BCUT2D eigenvalue weighted by Crippen LogP contribution is -2.50. The molecule has 2 amide bonds. The van der Waals surface area contributed by atoms with Crippen LogP contribution in [-0.2, 0) is 16.1 Å². The Morgan fingerprint density at radius 1 is 1.09 bits per heavy atom. The van der Waals surface area contributed by atoms with Crippen LogP contribution in [0.2, 0.25) is 10.0 Å². The van der Waals surface area contributed by atoms with Gasteiger partial charge >= 0.3 is 5.97 Å². The number of amides is 2. The number of carboxylic acid groups (broad SMARTS) is 1. The maximum atomic E-state index is 12.6. The van der Waals surface area contributed by atoms with Crippen molar-refractivity contribution >= 4 is 46.7 Å². The molecular formula is C25H27Cl2N3O5. The topological polar surface area (TPSA) is 108 Å². The summed E-state index contributed by atoms with van der Waals surface area (Å²) in [6.07, 6.45) is 3.90. The summed E-state index contributed by atoms with van der Waals surface area (Å²) in [6, 6.07) is 11.2. The summed E-state index contributed by atoms with van der Waals surface area (Å²) >= 11 is 12.1. The summed E-state index contributed by atoms with van der Waals surface area (Å²) < 4.78 is 5.53. The molecule has 2 aliphatic rings. The number of carbonyl (C=O) groups excluding carboxylic acids is 2. The normalized spacial score (nSPS) is 21.4. The molecular weight excluding hydrogens is 493 g/mol. The molecule has 2 aliphatic heterocycles. The number of ether oxygens (including phenoxy) is 1. The fraction of sp³-hybridized carbons (Fsp3) is 0.400. The van der Waals surface area contributed by atoms with Gasteiger partial charge in [-0.15, -0.1) is 0 Å². The minimum atomic E-state index is -1.25. The summed E-state index contributed by atoms with van der Waals surface area (Å²) in [5, 5.41) is 15.8. The van der Waals surface area contributed by atoms with E-state index in [1.165, 1.54) is 24.6 Å². The Kier molecular flexibility index (Phi) is 7.84.